The predicted octanol–water partition coefficient (Wildman–Crippen LogP) is 7.17. The summed E-state index contributed by atoms with van der Waals surface area (Å²) in [4.78, 5) is 43.1. The van der Waals surface area contributed by atoms with E-state index >= 15 is 0 Å². The van der Waals surface area contributed by atoms with E-state index in [9.17, 15) is 9.59 Å². The first kappa shape index (κ1) is 28.1. The Balaban J connectivity index is 1.52. The van der Waals surface area contributed by atoms with E-state index in [1.165, 1.54) is 14.2 Å². The molecule has 214 valence electrons. The molecule has 8 heteroatoms. The number of nitrogens with zero attached hydrogens (tertiary/aromatic N) is 4. The van der Waals surface area contributed by atoms with Crippen LogP contribution in [0.2, 0.25) is 0 Å². The zero-order valence-corrected chi connectivity index (χ0v) is 24.0. The van der Waals surface area contributed by atoms with Gasteiger partial charge in [0.2, 0.25) is 0 Å². The van der Waals surface area contributed by atoms with Crippen molar-refractivity contribution in [3.05, 3.63) is 133 Å². The van der Waals surface area contributed by atoms with Crippen LogP contribution in [-0.2, 0) is 9.47 Å². The summed E-state index contributed by atoms with van der Waals surface area (Å²) < 4.78 is 9.72. The van der Waals surface area contributed by atoms with Crippen LogP contribution in [-0.4, -0.2) is 46.1 Å². The van der Waals surface area contributed by atoms with Gasteiger partial charge in [-0.15, -0.1) is 0 Å². The number of carbonyl (C=O) groups excluding carboxylic acids is 2. The fourth-order valence-corrected chi connectivity index (χ4v) is 4.78. The molecule has 44 heavy (non-hydrogen) atoms. The zero-order valence-electron chi connectivity index (χ0n) is 24.0. The van der Waals surface area contributed by atoms with Gasteiger partial charge in [-0.05, 0) is 95.1 Å². The maximum absolute atomic E-state index is 12.0. The molecule has 0 saturated carbocycles. The molecule has 0 aliphatic rings. The maximum atomic E-state index is 12.0. The van der Waals surface area contributed by atoms with Crippen molar-refractivity contribution in [3.63, 3.8) is 0 Å². The summed E-state index contributed by atoms with van der Waals surface area (Å²) in [5.74, 6) is -0.798. The highest BCUT2D eigenvalue weighted by atomic mass is 16.5. The quantitative estimate of drug-likeness (QED) is 0.184. The smallest absolute Gasteiger partial charge is 0.337 e. The fraction of sp³-hybridized carbons (Fsp3) is 0.0556. The minimum Gasteiger partial charge on any atom is -0.465 e. The van der Waals surface area contributed by atoms with E-state index in [-0.39, 0.29) is 0 Å². The molecule has 0 amide bonds. The maximum Gasteiger partial charge on any atom is 0.337 e. The summed E-state index contributed by atoms with van der Waals surface area (Å²) in [6, 6.07) is 33.7. The van der Waals surface area contributed by atoms with Crippen LogP contribution in [0.4, 0.5) is 0 Å². The van der Waals surface area contributed by atoms with Crippen LogP contribution >= 0.6 is 0 Å². The van der Waals surface area contributed by atoms with Crippen molar-refractivity contribution in [1.82, 2.24) is 19.9 Å². The molecule has 0 aliphatic carbocycles. The predicted molar refractivity (Wildman–Crippen MR) is 167 cm³/mol. The number of methoxy groups -OCH3 is 2. The second-order valence-electron chi connectivity index (χ2n) is 9.82. The summed E-state index contributed by atoms with van der Waals surface area (Å²) in [6.45, 7) is 0. The van der Waals surface area contributed by atoms with Gasteiger partial charge >= 0.3 is 11.9 Å². The second kappa shape index (κ2) is 12.5. The number of pyridine rings is 4. The van der Waals surface area contributed by atoms with Crippen LogP contribution in [0.1, 0.15) is 20.7 Å². The number of rotatable bonds is 7. The Kier molecular flexibility index (Phi) is 7.96. The summed E-state index contributed by atoms with van der Waals surface area (Å²) in [7, 11) is 2.72. The van der Waals surface area contributed by atoms with E-state index in [4.69, 9.17) is 19.4 Å². The van der Waals surface area contributed by atoms with Crippen LogP contribution < -0.4 is 0 Å². The number of carbonyl (C=O) groups is 2. The molecule has 8 nitrogen and oxygen atoms in total. The van der Waals surface area contributed by atoms with Gasteiger partial charge in [0, 0.05) is 12.4 Å². The largest absolute Gasteiger partial charge is 0.465 e. The van der Waals surface area contributed by atoms with Crippen LogP contribution in [0, 0.1) is 0 Å². The summed E-state index contributed by atoms with van der Waals surface area (Å²) in [5.41, 5.74) is 8.47. The highest BCUT2D eigenvalue weighted by molar-refractivity contribution is 5.91. The molecule has 0 spiro atoms. The number of hydrogen-bond acceptors (Lipinski definition) is 8. The first-order chi connectivity index (χ1) is 21.5. The topological polar surface area (TPSA) is 104 Å². The van der Waals surface area contributed by atoms with Crippen molar-refractivity contribution in [1.29, 1.82) is 0 Å². The van der Waals surface area contributed by atoms with E-state index in [0.717, 1.165) is 22.3 Å². The van der Waals surface area contributed by atoms with E-state index in [1.54, 1.807) is 36.7 Å². The van der Waals surface area contributed by atoms with E-state index < -0.39 is 11.9 Å². The molecule has 6 aromatic rings. The number of esters is 2. The normalized spacial score (nSPS) is 10.7. The van der Waals surface area contributed by atoms with Crippen molar-refractivity contribution in [2.75, 3.05) is 14.2 Å². The average Bonchev–Trinajstić information content (AvgIpc) is 3.11. The molecule has 4 heterocycles. The highest BCUT2D eigenvalue weighted by Crippen LogP contribution is 2.33. The Bertz CT molecular complexity index is 1800. The van der Waals surface area contributed by atoms with Crippen LogP contribution in [0.25, 0.3) is 56.4 Å². The number of ether oxygens (including phenoxy) is 2. The third kappa shape index (κ3) is 5.96. The van der Waals surface area contributed by atoms with Crippen molar-refractivity contribution >= 4 is 11.9 Å². The van der Waals surface area contributed by atoms with Gasteiger partial charge in [-0.2, -0.15) is 0 Å². The number of hydrogen-bond donors (Lipinski definition) is 0. The van der Waals surface area contributed by atoms with Gasteiger partial charge in [0.05, 0.1) is 59.5 Å². The lowest BCUT2D eigenvalue weighted by molar-refractivity contribution is 0.0592. The molecule has 2 aromatic carbocycles. The van der Waals surface area contributed by atoms with Crippen molar-refractivity contribution in [3.8, 4) is 56.4 Å². The summed E-state index contributed by atoms with van der Waals surface area (Å²) in [6.07, 6.45) is 3.45. The van der Waals surface area contributed by atoms with Crippen LogP contribution in [0.15, 0.2) is 122 Å². The Morgan fingerprint density at radius 1 is 0.455 bits per heavy atom. The number of benzene rings is 2. The molecule has 0 radical (unpaired) electrons. The molecule has 0 fully saturated rings. The van der Waals surface area contributed by atoms with Crippen molar-refractivity contribution in [2.24, 2.45) is 0 Å². The molecule has 0 atom stereocenters. The fourth-order valence-electron chi connectivity index (χ4n) is 4.78. The highest BCUT2D eigenvalue weighted by Gasteiger charge is 2.15. The van der Waals surface area contributed by atoms with Crippen LogP contribution in [0.5, 0.6) is 0 Å². The van der Waals surface area contributed by atoms with E-state index in [2.05, 4.69) is 9.97 Å². The zero-order chi connectivity index (χ0) is 30.5. The minimum absolute atomic E-state index is 0.399. The van der Waals surface area contributed by atoms with Crippen LogP contribution in [0.3, 0.4) is 0 Å². The molecule has 0 N–H and O–H groups in total. The molecule has 0 bridgehead atoms. The number of aromatic nitrogens is 4. The van der Waals surface area contributed by atoms with Gasteiger partial charge in [-0.25, -0.2) is 19.6 Å². The lowest BCUT2D eigenvalue weighted by atomic mass is 9.99. The van der Waals surface area contributed by atoms with E-state index in [0.29, 0.717) is 45.3 Å². The Morgan fingerprint density at radius 3 is 1.14 bits per heavy atom. The van der Waals surface area contributed by atoms with Gasteiger partial charge in [-0.1, -0.05) is 36.4 Å². The molecule has 0 saturated heterocycles. The third-order valence-corrected chi connectivity index (χ3v) is 7.05. The average molecular weight is 579 g/mol. The standard InChI is InChI=1S/C36H26N4O4/c1-43-35(41)25-13-9-23(10-14-25)27-19-31(29-7-3-5-17-37-29)39-33(21-27)34-22-28(20-32(40-34)30-8-4-6-18-38-30)24-11-15-26(16-12-24)36(42)44-2/h3-22H,1-2H3. The lowest BCUT2D eigenvalue weighted by Crippen LogP contribution is -2.01. The molecule has 0 unspecified atom stereocenters. The Morgan fingerprint density at radius 2 is 0.818 bits per heavy atom. The second-order valence-corrected chi connectivity index (χ2v) is 9.82. The molecule has 0 aliphatic heterocycles. The summed E-state index contributed by atoms with van der Waals surface area (Å²) in [5, 5.41) is 0. The van der Waals surface area contributed by atoms with Gasteiger partial charge in [-0.3, -0.25) is 9.97 Å². The lowest BCUT2D eigenvalue weighted by Gasteiger charge is -2.13. The Hall–Kier alpha value is -6.02. The van der Waals surface area contributed by atoms with E-state index in [1.807, 2.05) is 84.9 Å². The molecular formula is C36H26N4O4. The van der Waals surface area contributed by atoms with Gasteiger partial charge < -0.3 is 9.47 Å². The minimum atomic E-state index is -0.399. The van der Waals surface area contributed by atoms with Gasteiger partial charge in [0.25, 0.3) is 0 Å². The molecular weight excluding hydrogens is 552 g/mol. The SMILES string of the molecule is COC(=O)c1ccc(-c2cc(-c3ccccn3)nc(-c3cc(-c4ccc(C(=O)OC)cc4)cc(-c4ccccn4)n3)c2)cc1. The first-order valence-electron chi connectivity index (χ1n) is 13.8. The molecule has 4 aromatic heterocycles. The summed E-state index contributed by atoms with van der Waals surface area (Å²) >= 11 is 0. The van der Waals surface area contributed by atoms with Gasteiger partial charge in [0.1, 0.15) is 0 Å². The monoisotopic (exact) mass is 578 g/mol. The first-order valence-corrected chi connectivity index (χ1v) is 13.8. The molecule has 6 rings (SSSR count). The third-order valence-electron chi connectivity index (χ3n) is 7.05. The Labute approximate surface area is 254 Å². The van der Waals surface area contributed by atoms with Crippen molar-refractivity contribution < 1.29 is 19.1 Å². The van der Waals surface area contributed by atoms with Crippen molar-refractivity contribution in [2.45, 2.75) is 0 Å². The van der Waals surface area contributed by atoms with Gasteiger partial charge in [0.15, 0.2) is 0 Å².